The van der Waals surface area contributed by atoms with Gasteiger partial charge < -0.3 is 37.7 Å². The quantitative estimate of drug-likeness (QED) is 0.0199. The molecule has 13 nitrogen and oxygen atoms in total. The highest BCUT2D eigenvalue weighted by molar-refractivity contribution is 8.00. The van der Waals surface area contributed by atoms with Crippen LogP contribution in [-0.4, -0.2) is 101 Å². The van der Waals surface area contributed by atoms with Gasteiger partial charge >= 0.3 is 20.5 Å². The number of aliphatic hydroxyl groups excluding tert-OH is 2. The Morgan fingerprint density at radius 1 is 0.877 bits per heavy atom. The normalized spacial score (nSPS) is 30.6. The number of aliphatic hydroxyl groups is 2. The van der Waals surface area contributed by atoms with Crippen LogP contribution in [0.15, 0.2) is 36.2 Å². The van der Waals surface area contributed by atoms with Gasteiger partial charge in [0.15, 0.2) is 19.8 Å². The summed E-state index contributed by atoms with van der Waals surface area (Å²) in [6.07, 6.45) is 11.2. The number of allylic oxidation sites excluding steroid dienone is 2. The first kappa shape index (κ1) is 48.0. The molecule has 57 heavy (non-hydrogen) atoms. The third-order valence-corrected chi connectivity index (χ3v) is 24.8. The van der Waals surface area contributed by atoms with E-state index in [0.717, 1.165) is 44.3 Å². The number of esters is 2. The fraction of sp³-hybridized carbons (Fsp3) is 0.800. The molecule has 0 amide bonds. The highest BCUT2D eigenvalue weighted by atomic mass is 32.2. The van der Waals surface area contributed by atoms with Crippen molar-refractivity contribution in [2.45, 2.75) is 129 Å². The molecule has 0 radical (unpaired) electrons. The highest BCUT2D eigenvalue weighted by Crippen LogP contribution is 2.59. The minimum atomic E-state index is -4.00. The second-order valence-electron chi connectivity index (χ2n) is 18.0. The van der Waals surface area contributed by atoms with Gasteiger partial charge in [-0.2, -0.15) is 20.2 Å². The Hall–Kier alpha value is -1.71. The molecule has 0 heterocycles. The Labute approximate surface area is 346 Å². The topological polar surface area (TPSA) is 184 Å². The number of fused-ring (bicyclic) bond motifs is 4. The zero-order valence-corrected chi connectivity index (χ0v) is 38.8. The van der Waals surface area contributed by atoms with Gasteiger partial charge in [-0.25, -0.2) is 0 Å². The van der Waals surface area contributed by atoms with Crippen molar-refractivity contribution in [1.82, 2.24) is 0 Å². The number of thioether (sulfide) groups is 1. The van der Waals surface area contributed by atoms with Crippen LogP contribution in [0.3, 0.4) is 0 Å². The van der Waals surface area contributed by atoms with Gasteiger partial charge in [0.25, 0.3) is 10.1 Å². The van der Waals surface area contributed by atoms with E-state index in [0.29, 0.717) is 55.7 Å². The van der Waals surface area contributed by atoms with Crippen molar-refractivity contribution >= 4 is 50.7 Å². The minimum Gasteiger partial charge on any atom is -0.512 e. The summed E-state index contributed by atoms with van der Waals surface area (Å²) in [5, 5.41) is 19.9. The SMILES string of the molecule is CC(C)O[Si](C)(CCCOC/C(=C/O)OC(=O)C1(C)CC2C=CC1C2)O[Si](C)(CCCOC/C(=C/O)OC(=O)C1(C)CC2CC1CC2SCCS(=O)(=O)O)C(C)C. The number of hydrogen-bond donors (Lipinski definition) is 3. The van der Waals surface area contributed by atoms with E-state index in [4.69, 9.17) is 32.0 Å². The molecule has 0 aromatic rings. The Morgan fingerprint density at radius 3 is 1.95 bits per heavy atom. The van der Waals surface area contributed by atoms with Crippen LogP contribution in [0.4, 0.5) is 0 Å². The van der Waals surface area contributed by atoms with Gasteiger partial charge in [-0.1, -0.05) is 26.0 Å². The first-order valence-electron chi connectivity index (χ1n) is 20.5. The molecule has 4 aliphatic carbocycles. The molecule has 3 saturated carbocycles. The summed E-state index contributed by atoms with van der Waals surface area (Å²) in [7, 11) is -8.98. The van der Waals surface area contributed by atoms with E-state index < -0.39 is 37.8 Å². The van der Waals surface area contributed by atoms with Crippen LogP contribution in [0.2, 0.25) is 30.7 Å². The number of carbonyl (C=O) groups excluding carboxylic acids is 2. The third kappa shape index (κ3) is 12.9. The van der Waals surface area contributed by atoms with E-state index in [1.807, 2.05) is 27.7 Å². The molecule has 4 bridgehead atoms. The molecule has 3 fully saturated rings. The molecule has 9 atom stereocenters. The lowest BCUT2D eigenvalue weighted by Gasteiger charge is -2.41. The van der Waals surface area contributed by atoms with Crippen LogP contribution in [0, 0.1) is 34.5 Å². The van der Waals surface area contributed by atoms with Gasteiger partial charge in [0, 0.05) is 30.3 Å². The standard InChI is InChI=1S/C40H68O13S2Si2/c1-28(2)52-57(8,18-10-14-49-27-34(24-41)50-37(43)39(5)22-30-11-12-32(39)19-30)53-56(7,29(3)4)17-9-13-48-26-35(25-42)51-38(44)40(6)23-31-20-33(40)21-36(31)54-15-16-55(45,46)47/h11-12,24-25,28-33,36,41-42H,9-10,13-23,26-27H2,1-8H3,(H,45,46,47)/b34-24-,35-25-. The molecule has 0 aromatic heterocycles. The smallest absolute Gasteiger partial charge is 0.324 e. The molecule has 0 spiro atoms. The van der Waals surface area contributed by atoms with Gasteiger partial charge in [0.2, 0.25) is 0 Å². The van der Waals surface area contributed by atoms with E-state index in [2.05, 4.69) is 39.1 Å². The molecule has 17 heteroatoms. The minimum absolute atomic E-state index is 0.0127. The van der Waals surface area contributed by atoms with Gasteiger partial charge in [-0.05, 0) is 127 Å². The Balaban J connectivity index is 1.18. The average Bonchev–Trinajstić information content (AvgIpc) is 3.90. The third-order valence-electron chi connectivity index (χ3n) is 12.8. The fourth-order valence-electron chi connectivity index (χ4n) is 9.23. The molecule has 0 aliphatic heterocycles. The maximum atomic E-state index is 13.3. The largest absolute Gasteiger partial charge is 0.512 e. The first-order chi connectivity index (χ1) is 26.6. The van der Waals surface area contributed by atoms with E-state index in [1.165, 1.54) is 0 Å². The molecular formula is C40H68O13S2Si2. The predicted octanol–water partition coefficient (Wildman–Crippen LogP) is 8.21. The van der Waals surface area contributed by atoms with E-state index in [1.54, 1.807) is 11.8 Å². The van der Waals surface area contributed by atoms with Crippen LogP contribution in [0.25, 0.3) is 0 Å². The maximum Gasteiger partial charge on any atom is 0.324 e. The van der Waals surface area contributed by atoms with Crippen LogP contribution in [0.5, 0.6) is 0 Å². The summed E-state index contributed by atoms with van der Waals surface area (Å²) < 4.78 is 67.8. The van der Waals surface area contributed by atoms with Crippen LogP contribution < -0.4 is 0 Å². The summed E-state index contributed by atoms with van der Waals surface area (Å²) in [6, 6.07) is 1.52. The Kier molecular flexibility index (Phi) is 17.0. The second kappa shape index (κ2) is 20.2. The van der Waals surface area contributed by atoms with E-state index >= 15 is 0 Å². The summed E-state index contributed by atoms with van der Waals surface area (Å²) in [6.45, 7) is 17.3. The van der Waals surface area contributed by atoms with Crippen LogP contribution >= 0.6 is 11.8 Å². The molecule has 0 saturated heterocycles. The highest BCUT2D eigenvalue weighted by Gasteiger charge is 2.57. The van der Waals surface area contributed by atoms with Crippen molar-refractivity contribution in [1.29, 1.82) is 0 Å². The van der Waals surface area contributed by atoms with Gasteiger partial charge in [0.05, 0.1) is 16.6 Å². The van der Waals surface area contributed by atoms with E-state index in [9.17, 15) is 28.2 Å². The zero-order chi connectivity index (χ0) is 42.2. The van der Waals surface area contributed by atoms with Crippen LogP contribution in [-0.2, 0) is 47.2 Å². The maximum absolute atomic E-state index is 13.3. The number of rotatable bonds is 25. The Bertz CT molecular complexity index is 1590. The lowest BCUT2D eigenvalue weighted by Crippen LogP contribution is -2.52. The van der Waals surface area contributed by atoms with Gasteiger partial charge in [0.1, 0.15) is 25.7 Å². The number of hydrogen-bond acceptors (Lipinski definition) is 13. The molecule has 4 rings (SSSR count). The monoisotopic (exact) mass is 876 g/mol. The molecule has 326 valence electrons. The van der Waals surface area contributed by atoms with Gasteiger partial charge in [-0.15, -0.1) is 0 Å². The lowest BCUT2D eigenvalue weighted by molar-refractivity contribution is -0.155. The average molecular weight is 877 g/mol. The van der Waals surface area contributed by atoms with Crippen molar-refractivity contribution in [3.63, 3.8) is 0 Å². The molecule has 0 aromatic carbocycles. The predicted molar refractivity (Wildman–Crippen MR) is 225 cm³/mol. The number of ether oxygens (including phenoxy) is 4. The summed E-state index contributed by atoms with van der Waals surface area (Å²) in [4.78, 5) is 26.4. The van der Waals surface area contributed by atoms with Crippen molar-refractivity contribution in [3.05, 3.63) is 36.2 Å². The van der Waals surface area contributed by atoms with Crippen LogP contribution in [0.1, 0.15) is 86.5 Å². The Morgan fingerprint density at radius 2 is 1.47 bits per heavy atom. The second-order valence-corrected chi connectivity index (χ2v) is 29.0. The first-order valence-corrected chi connectivity index (χ1v) is 28.4. The van der Waals surface area contributed by atoms with Crippen molar-refractivity contribution in [3.8, 4) is 0 Å². The molecular weight excluding hydrogens is 809 g/mol. The van der Waals surface area contributed by atoms with E-state index in [-0.39, 0.29) is 71.5 Å². The number of carbonyl (C=O) groups is 2. The lowest BCUT2D eigenvalue weighted by atomic mass is 9.74. The molecule has 9 unspecified atom stereocenters. The molecule has 4 aliphatic rings. The van der Waals surface area contributed by atoms with Crippen molar-refractivity contribution in [2.24, 2.45) is 34.5 Å². The van der Waals surface area contributed by atoms with Crippen molar-refractivity contribution < 1.29 is 60.3 Å². The summed E-state index contributed by atoms with van der Waals surface area (Å²) in [5.74, 6) is 0.429. The van der Waals surface area contributed by atoms with Crippen molar-refractivity contribution in [2.75, 3.05) is 37.9 Å². The summed E-state index contributed by atoms with van der Waals surface area (Å²) in [5.41, 5.74) is -0.977. The van der Waals surface area contributed by atoms with Gasteiger partial charge in [-0.3, -0.25) is 14.1 Å². The molecule has 3 N–H and O–H groups in total. The zero-order valence-electron chi connectivity index (χ0n) is 35.2. The fourth-order valence-corrected chi connectivity index (χ4v) is 20.8. The summed E-state index contributed by atoms with van der Waals surface area (Å²) >= 11 is 1.54.